The van der Waals surface area contributed by atoms with Crippen molar-refractivity contribution >= 4 is 34.2 Å². The van der Waals surface area contributed by atoms with Gasteiger partial charge in [-0.2, -0.15) is 0 Å². The van der Waals surface area contributed by atoms with Crippen LogP contribution in [0.15, 0.2) is 47.5 Å². The summed E-state index contributed by atoms with van der Waals surface area (Å²) in [7, 11) is 0. The van der Waals surface area contributed by atoms with Gasteiger partial charge in [0.25, 0.3) is 5.56 Å². The van der Waals surface area contributed by atoms with E-state index < -0.39 is 5.82 Å². The van der Waals surface area contributed by atoms with Crippen molar-refractivity contribution < 1.29 is 9.18 Å². The van der Waals surface area contributed by atoms with E-state index in [0.29, 0.717) is 47.5 Å². The third-order valence-corrected chi connectivity index (χ3v) is 5.81. The van der Waals surface area contributed by atoms with Crippen molar-refractivity contribution in [1.82, 2.24) is 14.5 Å². The number of amides is 2. The molecule has 1 fully saturated rings. The Morgan fingerprint density at radius 1 is 1.24 bits per heavy atom. The molecule has 0 spiro atoms. The Morgan fingerprint density at radius 2 is 2.00 bits per heavy atom. The van der Waals surface area contributed by atoms with Crippen LogP contribution in [0.2, 0.25) is 5.02 Å². The molecule has 0 radical (unpaired) electrons. The van der Waals surface area contributed by atoms with Crippen LogP contribution in [0, 0.1) is 12.7 Å². The first kappa shape index (κ1) is 19.4. The molecule has 2 amide bonds. The first-order valence-corrected chi connectivity index (χ1v) is 9.79. The van der Waals surface area contributed by atoms with Gasteiger partial charge in [0.2, 0.25) is 0 Å². The summed E-state index contributed by atoms with van der Waals surface area (Å²) in [5.41, 5.74) is 1.67. The lowest BCUT2D eigenvalue weighted by atomic mass is 10.0. The Hall–Kier alpha value is -2.93. The predicted molar refractivity (Wildman–Crippen MR) is 111 cm³/mol. The number of rotatable bonds is 2. The normalized spacial score (nSPS) is 14.9. The molecular weight excluding hydrogens is 395 g/mol. The number of benzene rings is 2. The number of urea groups is 1. The van der Waals surface area contributed by atoms with Gasteiger partial charge in [-0.1, -0.05) is 17.7 Å². The van der Waals surface area contributed by atoms with Crippen LogP contribution in [0.3, 0.4) is 0 Å². The zero-order valence-electron chi connectivity index (χ0n) is 15.9. The van der Waals surface area contributed by atoms with Crippen LogP contribution in [0.1, 0.15) is 24.4 Å². The highest BCUT2D eigenvalue weighted by Gasteiger charge is 2.25. The minimum absolute atomic E-state index is 0.0543. The fourth-order valence-corrected chi connectivity index (χ4v) is 3.83. The van der Waals surface area contributed by atoms with Gasteiger partial charge in [0.05, 0.1) is 17.2 Å². The molecule has 0 unspecified atom stereocenters. The molecule has 4 rings (SSSR count). The highest BCUT2D eigenvalue weighted by atomic mass is 35.5. The molecule has 1 N–H and O–H groups in total. The lowest BCUT2D eigenvalue weighted by Gasteiger charge is -2.33. The molecule has 1 saturated heterocycles. The van der Waals surface area contributed by atoms with E-state index in [1.807, 2.05) is 13.0 Å². The first-order valence-electron chi connectivity index (χ1n) is 9.41. The lowest BCUT2D eigenvalue weighted by molar-refractivity contribution is 0.182. The van der Waals surface area contributed by atoms with Crippen molar-refractivity contribution in [3.8, 4) is 0 Å². The van der Waals surface area contributed by atoms with Gasteiger partial charge in [-0.15, -0.1) is 0 Å². The maximum absolute atomic E-state index is 13.3. The van der Waals surface area contributed by atoms with Gasteiger partial charge in [0.1, 0.15) is 5.82 Å². The van der Waals surface area contributed by atoms with Gasteiger partial charge in [-0.3, -0.25) is 9.36 Å². The van der Waals surface area contributed by atoms with E-state index in [1.54, 1.807) is 21.6 Å². The van der Waals surface area contributed by atoms with Gasteiger partial charge in [-0.05, 0) is 49.6 Å². The number of aromatic nitrogens is 2. The number of anilines is 1. The fraction of sp³-hybridized carbons (Fsp3) is 0.286. The summed E-state index contributed by atoms with van der Waals surface area (Å²) in [5, 5.41) is 3.90. The van der Waals surface area contributed by atoms with Gasteiger partial charge in [0.15, 0.2) is 0 Å². The molecule has 150 valence electrons. The molecular formula is C21H20ClFN4O2. The van der Waals surface area contributed by atoms with Crippen LogP contribution in [0.25, 0.3) is 10.9 Å². The Morgan fingerprint density at radius 3 is 2.76 bits per heavy atom. The van der Waals surface area contributed by atoms with Crippen LogP contribution in [-0.2, 0) is 0 Å². The van der Waals surface area contributed by atoms with Crippen LogP contribution < -0.4 is 10.9 Å². The fourth-order valence-electron chi connectivity index (χ4n) is 3.65. The van der Waals surface area contributed by atoms with E-state index in [0.717, 1.165) is 5.56 Å². The van der Waals surface area contributed by atoms with E-state index in [-0.39, 0.29) is 17.6 Å². The number of nitrogens with one attached hydrogen (secondary N) is 1. The van der Waals surface area contributed by atoms with Crippen molar-refractivity contribution in [3.63, 3.8) is 0 Å². The van der Waals surface area contributed by atoms with E-state index in [4.69, 9.17) is 11.6 Å². The van der Waals surface area contributed by atoms with Crippen molar-refractivity contribution in [2.24, 2.45) is 0 Å². The average molecular weight is 415 g/mol. The van der Waals surface area contributed by atoms with Crippen LogP contribution in [-0.4, -0.2) is 33.6 Å². The number of carbonyl (C=O) groups is 1. The number of fused-ring (bicyclic) bond motifs is 1. The zero-order chi connectivity index (χ0) is 20.5. The molecule has 6 nitrogen and oxygen atoms in total. The van der Waals surface area contributed by atoms with Crippen LogP contribution in [0.5, 0.6) is 0 Å². The van der Waals surface area contributed by atoms with Gasteiger partial charge in [0, 0.05) is 35.9 Å². The van der Waals surface area contributed by atoms with E-state index >= 15 is 0 Å². The molecule has 8 heteroatoms. The molecule has 2 aromatic carbocycles. The summed E-state index contributed by atoms with van der Waals surface area (Å²) in [5.74, 6) is -0.420. The largest absolute Gasteiger partial charge is 0.324 e. The number of piperidine rings is 1. The number of halogens is 2. The van der Waals surface area contributed by atoms with Crippen LogP contribution >= 0.6 is 11.6 Å². The third-order valence-electron chi connectivity index (χ3n) is 5.40. The number of likely N-dealkylation sites (tertiary alicyclic amines) is 1. The molecule has 3 aromatic rings. The summed E-state index contributed by atoms with van der Waals surface area (Å²) in [4.78, 5) is 31.3. The number of hydrogen-bond donors (Lipinski definition) is 1. The van der Waals surface area contributed by atoms with Crippen molar-refractivity contribution in [2.75, 3.05) is 18.4 Å². The lowest BCUT2D eigenvalue weighted by Crippen LogP contribution is -2.42. The molecule has 0 saturated carbocycles. The molecule has 29 heavy (non-hydrogen) atoms. The monoisotopic (exact) mass is 414 g/mol. The summed E-state index contributed by atoms with van der Waals surface area (Å²) in [6.45, 7) is 2.89. The Balaban J connectivity index is 1.45. The number of carbonyl (C=O) groups excluding carboxylic acids is 1. The van der Waals surface area contributed by atoms with E-state index in [1.165, 1.54) is 24.5 Å². The number of nitrogens with zero attached hydrogens (tertiary/aromatic N) is 3. The van der Waals surface area contributed by atoms with Crippen molar-refractivity contribution in [1.29, 1.82) is 0 Å². The second kappa shape index (κ2) is 7.83. The van der Waals surface area contributed by atoms with Gasteiger partial charge in [-0.25, -0.2) is 14.2 Å². The summed E-state index contributed by atoms with van der Waals surface area (Å²) in [6.07, 6.45) is 2.74. The Bertz CT molecular complexity index is 1140. The molecule has 2 heterocycles. The smallest absolute Gasteiger partial charge is 0.321 e. The Kier molecular flexibility index (Phi) is 5.24. The summed E-state index contributed by atoms with van der Waals surface area (Å²) in [6, 6.07) is 9.13. The number of hydrogen-bond acceptors (Lipinski definition) is 3. The SMILES string of the molecule is Cc1c(Cl)cccc1NC(=O)N1CCC(n2cnc3cc(F)ccc3c2=O)CC1. The zero-order valence-corrected chi connectivity index (χ0v) is 16.6. The maximum atomic E-state index is 13.3. The van der Waals surface area contributed by atoms with Crippen LogP contribution in [0.4, 0.5) is 14.9 Å². The van der Waals surface area contributed by atoms with Crippen molar-refractivity contribution in [3.05, 3.63) is 69.5 Å². The average Bonchev–Trinajstić information content (AvgIpc) is 2.72. The van der Waals surface area contributed by atoms with Crippen molar-refractivity contribution in [2.45, 2.75) is 25.8 Å². The molecule has 0 bridgehead atoms. The molecule has 1 aromatic heterocycles. The van der Waals surface area contributed by atoms with Gasteiger partial charge < -0.3 is 10.2 Å². The standard InChI is InChI=1S/C21H20ClFN4O2/c1-13-17(22)3-2-4-18(13)25-21(29)26-9-7-15(8-10-26)27-12-24-19-11-14(23)5-6-16(19)20(27)28/h2-6,11-12,15H,7-10H2,1H3,(H,25,29). The third kappa shape index (κ3) is 3.82. The molecule has 0 atom stereocenters. The van der Waals surface area contributed by atoms with Gasteiger partial charge >= 0.3 is 6.03 Å². The minimum atomic E-state index is -0.420. The van der Waals surface area contributed by atoms with E-state index in [2.05, 4.69) is 10.3 Å². The quantitative estimate of drug-likeness (QED) is 0.677. The second-order valence-electron chi connectivity index (χ2n) is 7.18. The summed E-state index contributed by atoms with van der Waals surface area (Å²) >= 11 is 6.11. The summed E-state index contributed by atoms with van der Waals surface area (Å²) < 4.78 is 14.9. The highest BCUT2D eigenvalue weighted by Crippen LogP contribution is 2.25. The predicted octanol–water partition coefficient (Wildman–Crippen LogP) is 4.37. The minimum Gasteiger partial charge on any atom is -0.324 e. The molecule has 1 aliphatic heterocycles. The topological polar surface area (TPSA) is 67.2 Å². The second-order valence-corrected chi connectivity index (χ2v) is 7.59. The molecule has 1 aliphatic rings. The Labute approximate surface area is 171 Å². The molecule has 0 aliphatic carbocycles. The van der Waals surface area contributed by atoms with E-state index in [9.17, 15) is 14.0 Å². The first-order chi connectivity index (χ1) is 13.9. The highest BCUT2D eigenvalue weighted by molar-refractivity contribution is 6.31. The maximum Gasteiger partial charge on any atom is 0.321 e.